The van der Waals surface area contributed by atoms with E-state index in [9.17, 15) is 9.59 Å². The molecule has 126 valence electrons. The topological polar surface area (TPSA) is 65.1 Å². The van der Waals surface area contributed by atoms with E-state index in [0.717, 1.165) is 11.1 Å². The molecular weight excluding hydrogens is 298 g/mol. The van der Waals surface area contributed by atoms with Crippen molar-refractivity contribution in [2.75, 3.05) is 14.2 Å². The first-order chi connectivity index (χ1) is 10.7. The number of ether oxygens (including phenoxy) is 3. The molecule has 0 fully saturated rings. The van der Waals surface area contributed by atoms with Crippen LogP contribution in [0.15, 0.2) is 18.2 Å². The summed E-state index contributed by atoms with van der Waals surface area (Å²) < 4.78 is 15.5. The van der Waals surface area contributed by atoms with E-state index >= 15 is 0 Å². The number of fused-ring (bicyclic) bond motifs is 1. The van der Waals surface area contributed by atoms with E-state index in [4.69, 9.17) is 14.2 Å². The first-order valence-corrected chi connectivity index (χ1v) is 7.48. The highest BCUT2D eigenvalue weighted by Gasteiger charge is 2.37. The highest BCUT2D eigenvalue weighted by Crippen LogP contribution is 2.28. The third kappa shape index (κ3) is 3.94. The maximum atomic E-state index is 12.5. The van der Waals surface area contributed by atoms with Crippen LogP contribution < -0.4 is 4.74 Å². The van der Waals surface area contributed by atoms with E-state index in [1.54, 1.807) is 27.9 Å². The molecule has 0 N–H and O–H groups in total. The molecule has 6 nitrogen and oxygen atoms in total. The SMILES string of the molecule is COC(=O)C1Cc2ccc(OC)cc2CN1C(=O)OC(C)(C)C. The lowest BCUT2D eigenvalue weighted by Crippen LogP contribution is -2.50. The molecule has 23 heavy (non-hydrogen) atoms. The molecule has 6 heteroatoms. The maximum absolute atomic E-state index is 12.5. The largest absolute Gasteiger partial charge is 0.497 e. The smallest absolute Gasteiger partial charge is 0.411 e. The number of methoxy groups -OCH3 is 2. The van der Waals surface area contributed by atoms with Crippen LogP contribution in [0.5, 0.6) is 5.75 Å². The monoisotopic (exact) mass is 321 g/mol. The van der Waals surface area contributed by atoms with E-state index in [0.29, 0.717) is 12.2 Å². The maximum Gasteiger partial charge on any atom is 0.411 e. The minimum atomic E-state index is -0.684. The Hall–Kier alpha value is -2.24. The van der Waals surface area contributed by atoms with Gasteiger partial charge >= 0.3 is 12.1 Å². The molecule has 0 bridgehead atoms. The van der Waals surface area contributed by atoms with Gasteiger partial charge in [-0.3, -0.25) is 4.90 Å². The van der Waals surface area contributed by atoms with Gasteiger partial charge < -0.3 is 14.2 Å². The Kier molecular flexibility index (Phi) is 4.82. The zero-order chi connectivity index (χ0) is 17.2. The standard InChI is InChI=1S/C17H23NO5/c1-17(2,3)23-16(20)18-10-12-8-13(21-4)7-6-11(12)9-14(18)15(19)22-5/h6-8,14H,9-10H2,1-5H3. The lowest BCUT2D eigenvalue weighted by molar-refractivity contribution is -0.147. The van der Waals surface area contributed by atoms with E-state index < -0.39 is 23.7 Å². The summed E-state index contributed by atoms with van der Waals surface area (Å²) in [6.07, 6.45) is -0.132. The normalized spacial score (nSPS) is 17.3. The van der Waals surface area contributed by atoms with Gasteiger partial charge in [-0.25, -0.2) is 9.59 Å². The number of carbonyl (C=O) groups is 2. The fraction of sp³-hybridized carbons (Fsp3) is 0.529. The predicted octanol–water partition coefficient (Wildman–Crippen LogP) is 2.53. The lowest BCUT2D eigenvalue weighted by atomic mass is 9.94. The molecule has 0 radical (unpaired) electrons. The number of benzene rings is 1. The number of nitrogens with zero attached hydrogens (tertiary/aromatic N) is 1. The summed E-state index contributed by atoms with van der Waals surface area (Å²) in [6.45, 7) is 5.65. The third-order valence-corrected chi connectivity index (χ3v) is 3.64. The molecule has 1 aliphatic rings. The highest BCUT2D eigenvalue weighted by atomic mass is 16.6. The summed E-state index contributed by atoms with van der Waals surface area (Å²) in [4.78, 5) is 26.0. The van der Waals surface area contributed by atoms with Crippen molar-refractivity contribution in [1.82, 2.24) is 4.90 Å². The fourth-order valence-corrected chi connectivity index (χ4v) is 2.55. The first-order valence-electron chi connectivity index (χ1n) is 7.48. The van der Waals surface area contributed by atoms with Gasteiger partial charge in [0.1, 0.15) is 17.4 Å². The predicted molar refractivity (Wildman–Crippen MR) is 84.3 cm³/mol. The molecule has 1 heterocycles. The van der Waals surface area contributed by atoms with Gasteiger partial charge in [0.2, 0.25) is 0 Å². The van der Waals surface area contributed by atoms with Crippen molar-refractivity contribution in [1.29, 1.82) is 0 Å². The third-order valence-electron chi connectivity index (χ3n) is 3.64. The summed E-state index contributed by atoms with van der Waals surface area (Å²) >= 11 is 0. The molecule has 1 unspecified atom stereocenters. The van der Waals surface area contributed by atoms with Crippen LogP contribution in [0.1, 0.15) is 31.9 Å². The fourth-order valence-electron chi connectivity index (χ4n) is 2.55. The van der Waals surface area contributed by atoms with Crippen LogP contribution in [0.3, 0.4) is 0 Å². The van der Waals surface area contributed by atoms with Crippen molar-refractivity contribution in [3.8, 4) is 5.75 Å². The second kappa shape index (κ2) is 6.48. The number of hydrogen-bond acceptors (Lipinski definition) is 5. The Morgan fingerprint density at radius 3 is 2.43 bits per heavy atom. The van der Waals surface area contributed by atoms with Gasteiger partial charge in [-0.2, -0.15) is 0 Å². The molecule has 2 rings (SSSR count). The van der Waals surface area contributed by atoms with E-state index in [1.165, 1.54) is 12.0 Å². The quantitative estimate of drug-likeness (QED) is 0.783. The summed E-state index contributed by atoms with van der Waals surface area (Å²) in [5.74, 6) is 0.265. The zero-order valence-corrected chi connectivity index (χ0v) is 14.2. The Morgan fingerprint density at radius 1 is 1.17 bits per heavy atom. The van der Waals surface area contributed by atoms with Crippen LogP contribution in [0.4, 0.5) is 4.79 Å². The van der Waals surface area contributed by atoms with Crippen LogP contribution >= 0.6 is 0 Å². The van der Waals surface area contributed by atoms with Crippen molar-refractivity contribution >= 4 is 12.1 Å². The van der Waals surface area contributed by atoms with Gasteiger partial charge in [0.25, 0.3) is 0 Å². The van der Waals surface area contributed by atoms with E-state index in [2.05, 4.69) is 0 Å². The van der Waals surface area contributed by atoms with Crippen molar-refractivity contribution in [2.24, 2.45) is 0 Å². The van der Waals surface area contributed by atoms with Gasteiger partial charge in [0.05, 0.1) is 20.8 Å². The minimum Gasteiger partial charge on any atom is -0.497 e. The Balaban J connectivity index is 2.33. The second-order valence-corrected chi connectivity index (χ2v) is 6.49. The van der Waals surface area contributed by atoms with Crippen LogP contribution in [0.25, 0.3) is 0 Å². The van der Waals surface area contributed by atoms with Gasteiger partial charge in [-0.1, -0.05) is 6.07 Å². The number of esters is 1. The number of carbonyl (C=O) groups excluding carboxylic acids is 2. The molecule has 0 aromatic heterocycles. The molecule has 1 aromatic carbocycles. The van der Waals surface area contributed by atoms with Crippen LogP contribution in [-0.2, 0) is 27.2 Å². The van der Waals surface area contributed by atoms with Gasteiger partial charge in [0.15, 0.2) is 0 Å². The second-order valence-electron chi connectivity index (χ2n) is 6.49. The van der Waals surface area contributed by atoms with Crippen LogP contribution in [0.2, 0.25) is 0 Å². The van der Waals surface area contributed by atoms with E-state index in [1.807, 2.05) is 18.2 Å². The molecular formula is C17H23NO5. The number of hydrogen-bond donors (Lipinski definition) is 0. The number of rotatable bonds is 2. The summed E-state index contributed by atoms with van der Waals surface area (Å²) in [6, 6.07) is 4.95. The molecule has 0 saturated heterocycles. The summed E-state index contributed by atoms with van der Waals surface area (Å²) in [5, 5.41) is 0. The van der Waals surface area contributed by atoms with Crippen molar-refractivity contribution in [3.05, 3.63) is 29.3 Å². The Bertz CT molecular complexity index is 605. The summed E-state index contributed by atoms with van der Waals surface area (Å²) in [5.41, 5.74) is 1.31. The first kappa shape index (κ1) is 17.1. The van der Waals surface area contributed by atoms with E-state index in [-0.39, 0.29) is 6.54 Å². The minimum absolute atomic E-state index is 0.279. The molecule has 0 saturated carbocycles. The lowest BCUT2D eigenvalue weighted by Gasteiger charge is -2.36. The van der Waals surface area contributed by atoms with Crippen LogP contribution in [0, 0.1) is 0 Å². The number of amides is 1. The Labute approximate surface area is 136 Å². The Morgan fingerprint density at radius 2 is 1.87 bits per heavy atom. The molecule has 0 aliphatic carbocycles. The van der Waals surface area contributed by atoms with Crippen LogP contribution in [-0.4, -0.2) is 42.8 Å². The van der Waals surface area contributed by atoms with Gasteiger partial charge in [0, 0.05) is 6.42 Å². The van der Waals surface area contributed by atoms with Crippen molar-refractivity contribution < 1.29 is 23.8 Å². The zero-order valence-electron chi connectivity index (χ0n) is 14.2. The summed E-state index contributed by atoms with van der Waals surface area (Å²) in [7, 11) is 2.91. The highest BCUT2D eigenvalue weighted by molar-refractivity contribution is 5.82. The molecule has 1 atom stereocenters. The molecule has 1 amide bonds. The molecule has 0 spiro atoms. The van der Waals surface area contributed by atoms with Crippen molar-refractivity contribution in [3.63, 3.8) is 0 Å². The van der Waals surface area contributed by atoms with Gasteiger partial charge in [-0.05, 0) is 44.0 Å². The van der Waals surface area contributed by atoms with Gasteiger partial charge in [-0.15, -0.1) is 0 Å². The molecule has 1 aromatic rings. The average molecular weight is 321 g/mol. The van der Waals surface area contributed by atoms with Crippen molar-refractivity contribution in [2.45, 2.75) is 45.4 Å². The average Bonchev–Trinajstić information content (AvgIpc) is 2.50. The molecule has 1 aliphatic heterocycles.